The zero-order valence-corrected chi connectivity index (χ0v) is 17.8. The predicted octanol–water partition coefficient (Wildman–Crippen LogP) is 0.820. The molecule has 3 aromatic rings. The molecule has 4 rings (SSSR count). The number of carbonyl (C=O) groups excluding carboxylic acids is 1. The molecule has 1 aliphatic rings. The number of aryl methyl sites for hydroxylation is 1. The zero-order chi connectivity index (χ0) is 20.7. The maximum atomic E-state index is 12.9. The molecule has 1 fully saturated rings. The molecule has 1 N–H and O–H groups in total. The van der Waals surface area contributed by atoms with E-state index in [0.29, 0.717) is 11.5 Å². The number of Topliss-reactive ketones (excluding diaryl/α,β-unsaturated/α-hetero) is 1. The lowest BCUT2D eigenvalue weighted by atomic mass is 10.1. The van der Waals surface area contributed by atoms with Gasteiger partial charge >= 0.3 is 5.69 Å². The number of benzene rings is 1. The molecule has 0 aliphatic carbocycles. The minimum Gasteiger partial charge on any atom is -0.340 e. The fraction of sp³-hybridized carbons (Fsp3) is 0.368. The molecule has 29 heavy (non-hydrogen) atoms. The van der Waals surface area contributed by atoms with Gasteiger partial charge in [-0.25, -0.2) is 4.79 Å². The van der Waals surface area contributed by atoms with Crippen molar-refractivity contribution in [1.29, 1.82) is 0 Å². The Hall–Kier alpha value is -2.72. The van der Waals surface area contributed by atoms with Crippen LogP contribution < -0.4 is 16.1 Å². The van der Waals surface area contributed by atoms with Gasteiger partial charge in [0.05, 0.1) is 6.54 Å². The Kier molecular flexibility index (Phi) is 5.13. The van der Waals surface area contributed by atoms with Gasteiger partial charge in [0.25, 0.3) is 5.56 Å². The third-order valence-corrected chi connectivity index (χ3v) is 5.77. The molecule has 3 heterocycles. The van der Waals surface area contributed by atoms with E-state index in [1.54, 1.807) is 35.9 Å². The number of ketones is 1. The first-order valence-electron chi connectivity index (χ1n) is 9.27. The molecule has 0 spiro atoms. The summed E-state index contributed by atoms with van der Waals surface area (Å²) in [6.45, 7) is 3.09. The van der Waals surface area contributed by atoms with E-state index in [1.807, 2.05) is 7.05 Å². The Bertz CT molecular complexity index is 1190. The number of likely N-dealkylation sites (N-methyl/N-ethyl adjacent to an activating group) is 1. The Balaban J connectivity index is 1.83. The number of aromatic nitrogens is 4. The van der Waals surface area contributed by atoms with Crippen LogP contribution >= 0.6 is 15.9 Å². The molecule has 2 aromatic heterocycles. The van der Waals surface area contributed by atoms with Gasteiger partial charge in [-0.05, 0) is 19.2 Å². The largest absolute Gasteiger partial charge is 0.340 e. The maximum absolute atomic E-state index is 12.9. The predicted molar refractivity (Wildman–Crippen MR) is 114 cm³/mol. The highest BCUT2D eigenvalue weighted by atomic mass is 79.9. The lowest BCUT2D eigenvalue weighted by Crippen LogP contribution is -2.45. The molecule has 1 aromatic carbocycles. The molecular weight excluding hydrogens is 440 g/mol. The SMILES string of the molecule is CN1CCN(c2nc3c(c(=O)[nH]c(=O)n3C)n2CC(=O)c2ccc(Br)cc2)CC1. The normalized spacial score (nSPS) is 15.2. The molecule has 1 saturated heterocycles. The van der Waals surface area contributed by atoms with Gasteiger partial charge in [0.1, 0.15) is 0 Å². The summed E-state index contributed by atoms with van der Waals surface area (Å²) < 4.78 is 3.81. The van der Waals surface area contributed by atoms with Crippen LogP contribution in [0.15, 0.2) is 38.3 Å². The van der Waals surface area contributed by atoms with E-state index >= 15 is 0 Å². The first-order chi connectivity index (χ1) is 13.8. The number of piperazine rings is 1. The number of hydrogen-bond acceptors (Lipinski definition) is 6. The molecule has 0 unspecified atom stereocenters. The first-order valence-corrected chi connectivity index (χ1v) is 10.1. The number of imidazole rings is 1. The molecule has 0 amide bonds. The zero-order valence-electron chi connectivity index (χ0n) is 16.2. The van der Waals surface area contributed by atoms with Gasteiger partial charge in [-0.2, -0.15) is 4.98 Å². The van der Waals surface area contributed by atoms with Crippen LogP contribution in [0, 0.1) is 0 Å². The number of H-pyrrole nitrogens is 1. The third kappa shape index (κ3) is 3.65. The van der Waals surface area contributed by atoms with Crippen molar-refractivity contribution in [2.75, 3.05) is 38.1 Å². The van der Waals surface area contributed by atoms with Crippen molar-refractivity contribution in [2.45, 2.75) is 6.54 Å². The second-order valence-electron chi connectivity index (χ2n) is 7.21. The van der Waals surface area contributed by atoms with Crippen LogP contribution in [0.4, 0.5) is 5.95 Å². The van der Waals surface area contributed by atoms with Crippen LogP contribution in [0.1, 0.15) is 10.4 Å². The van der Waals surface area contributed by atoms with Crippen LogP contribution in [0.25, 0.3) is 11.2 Å². The summed E-state index contributed by atoms with van der Waals surface area (Å²) in [6.07, 6.45) is 0. The molecule has 0 saturated carbocycles. The lowest BCUT2D eigenvalue weighted by molar-refractivity contribution is 0.0973. The van der Waals surface area contributed by atoms with Crippen LogP contribution in [0.5, 0.6) is 0 Å². The van der Waals surface area contributed by atoms with Crippen LogP contribution in [-0.4, -0.2) is 63.0 Å². The van der Waals surface area contributed by atoms with Crippen molar-refractivity contribution in [3.05, 3.63) is 55.1 Å². The monoisotopic (exact) mass is 460 g/mol. The molecule has 152 valence electrons. The highest BCUT2D eigenvalue weighted by Crippen LogP contribution is 2.22. The maximum Gasteiger partial charge on any atom is 0.329 e. The number of fused-ring (bicyclic) bond motifs is 1. The summed E-state index contributed by atoms with van der Waals surface area (Å²) in [5.74, 6) is 0.394. The van der Waals surface area contributed by atoms with E-state index in [0.717, 1.165) is 30.7 Å². The summed E-state index contributed by atoms with van der Waals surface area (Å²) in [7, 11) is 3.61. The molecule has 9 nitrogen and oxygen atoms in total. The molecular formula is C19H21BrN6O3. The number of anilines is 1. The fourth-order valence-corrected chi connectivity index (χ4v) is 3.76. The Labute approximate surface area is 174 Å². The molecule has 0 atom stereocenters. The van der Waals surface area contributed by atoms with E-state index in [-0.39, 0.29) is 23.5 Å². The lowest BCUT2D eigenvalue weighted by Gasteiger charge is -2.33. The number of halogens is 1. The second kappa shape index (κ2) is 7.60. The van der Waals surface area contributed by atoms with Gasteiger partial charge in [-0.1, -0.05) is 28.1 Å². The van der Waals surface area contributed by atoms with Crippen molar-refractivity contribution < 1.29 is 4.79 Å². The summed E-state index contributed by atoms with van der Waals surface area (Å²) >= 11 is 3.37. The number of rotatable bonds is 4. The van der Waals surface area contributed by atoms with Gasteiger partial charge in [-0.15, -0.1) is 0 Å². The van der Waals surface area contributed by atoms with Gasteiger partial charge in [-0.3, -0.25) is 23.7 Å². The quantitative estimate of drug-likeness (QED) is 0.579. The van der Waals surface area contributed by atoms with Crippen molar-refractivity contribution >= 4 is 38.8 Å². The van der Waals surface area contributed by atoms with Gasteiger partial charge in [0.15, 0.2) is 16.9 Å². The van der Waals surface area contributed by atoms with Crippen molar-refractivity contribution in [3.8, 4) is 0 Å². The van der Waals surface area contributed by atoms with Gasteiger partial charge in [0.2, 0.25) is 5.95 Å². The topological polar surface area (TPSA) is 96.2 Å². The number of carbonyl (C=O) groups is 1. The van der Waals surface area contributed by atoms with Crippen molar-refractivity contribution in [2.24, 2.45) is 7.05 Å². The Morgan fingerprint density at radius 1 is 1.10 bits per heavy atom. The van der Waals surface area contributed by atoms with Crippen LogP contribution in [-0.2, 0) is 13.6 Å². The summed E-state index contributed by atoms with van der Waals surface area (Å²) in [6, 6.07) is 7.08. The highest BCUT2D eigenvalue weighted by Gasteiger charge is 2.25. The number of nitrogens with zero attached hydrogens (tertiary/aromatic N) is 5. The van der Waals surface area contributed by atoms with Crippen molar-refractivity contribution in [3.63, 3.8) is 0 Å². The molecule has 0 bridgehead atoms. The van der Waals surface area contributed by atoms with E-state index in [2.05, 4.69) is 35.7 Å². The average molecular weight is 461 g/mol. The highest BCUT2D eigenvalue weighted by molar-refractivity contribution is 9.10. The van der Waals surface area contributed by atoms with E-state index < -0.39 is 11.2 Å². The number of nitrogens with one attached hydrogen (secondary N) is 1. The van der Waals surface area contributed by atoms with E-state index in [9.17, 15) is 14.4 Å². The van der Waals surface area contributed by atoms with Crippen molar-refractivity contribution in [1.82, 2.24) is 24.0 Å². The van der Waals surface area contributed by atoms with E-state index in [1.165, 1.54) is 4.57 Å². The summed E-state index contributed by atoms with van der Waals surface area (Å²) in [5, 5.41) is 0. The van der Waals surface area contributed by atoms with E-state index in [4.69, 9.17) is 0 Å². The minimum atomic E-state index is -0.542. The smallest absolute Gasteiger partial charge is 0.329 e. The Morgan fingerprint density at radius 2 is 1.76 bits per heavy atom. The second-order valence-corrected chi connectivity index (χ2v) is 8.12. The molecule has 10 heteroatoms. The van der Waals surface area contributed by atoms with Gasteiger partial charge < -0.3 is 9.80 Å². The van der Waals surface area contributed by atoms with Crippen LogP contribution in [0.3, 0.4) is 0 Å². The average Bonchev–Trinajstić information content (AvgIpc) is 3.07. The van der Waals surface area contributed by atoms with Gasteiger partial charge in [0, 0.05) is 43.3 Å². The number of hydrogen-bond donors (Lipinski definition) is 1. The minimum absolute atomic E-state index is 0.0406. The molecule has 0 radical (unpaired) electrons. The molecule has 1 aliphatic heterocycles. The third-order valence-electron chi connectivity index (χ3n) is 5.24. The van der Waals surface area contributed by atoms with Crippen LogP contribution in [0.2, 0.25) is 0 Å². The number of aromatic amines is 1. The fourth-order valence-electron chi connectivity index (χ4n) is 3.49. The first kappa shape index (κ1) is 19.6. The summed E-state index contributed by atoms with van der Waals surface area (Å²) in [4.78, 5) is 48.8. The standard InChI is InChI=1S/C19H21BrN6O3/c1-23-7-9-25(10-8-23)18-21-16-15(17(28)22-19(29)24(16)2)26(18)11-14(27)12-3-5-13(20)6-4-12/h3-6H,7-11H2,1-2H3,(H,22,28,29). The Morgan fingerprint density at radius 3 is 2.41 bits per heavy atom. The summed E-state index contributed by atoms with van der Waals surface area (Å²) in [5.41, 5.74) is -0.0284.